The second kappa shape index (κ2) is 50.3. The number of amides is 1. The number of carbonyl (C=O) groups is 1. The van der Waals surface area contributed by atoms with Crippen LogP contribution in [0.1, 0.15) is 316 Å². The third kappa shape index (κ3) is 44.3. The Labute approximate surface area is 381 Å². The maximum absolute atomic E-state index is 12.5. The van der Waals surface area contributed by atoms with Gasteiger partial charge in [0.15, 0.2) is 0 Å². The first-order valence-corrected chi connectivity index (χ1v) is 27.9. The van der Waals surface area contributed by atoms with Crippen molar-refractivity contribution in [3.63, 3.8) is 0 Å². The summed E-state index contributed by atoms with van der Waals surface area (Å²) in [4.78, 5) is 12.5. The third-order valence-corrected chi connectivity index (χ3v) is 13.6. The molecule has 0 aromatic rings. The molecular weight excluding hydrogens is 755 g/mol. The Kier molecular flexibility index (Phi) is 49.7. The number of rotatable bonds is 52. The first-order chi connectivity index (χ1) is 30.0. The topological polar surface area (TPSA) is 110 Å². The summed E-state index contributed by atoms with van der Waals surface area (Å²) in [5.74, 6) is -0.581. The molecule has 4 atom stereocenters. The molecule has 0 bridgehead atoms. The summed E-state index contributed by atoms with van der Waals surface area (Å²) >= 11 is 0. The van der Waals surface area contributed by atoms with E-state index < -0.39 is 36.9 Å². The maximum atomic E-state index is 12.5. The van der Waals surface area contributed by atoms with Gasteiger partial charge in [-0.1, -0.05) is 303 Å². The standard InChI is InChI=1S/C55H111NO5/c1-3-5-7-9-11-12-13-14-15-16-17-18-19-20-21-22-23-24-25-26-27-28-29-30-31-32-33-34-35-36-37-38-39-40-41-43-45-47-49-53(59)55(61)56-51(50-57)54(60)52(58)48-46-44-42-10-8-6-4-2/h51-54,57-60H,3-50H2,1-2H3,(H,56,61). The zero-order chi connectivity index (χ0) is 44.5. The lowest BCUT2D eigenvalue weighted by molar-refractivity contribution is -0.132. The average Bonchev–Trinajstić information content (AvgIpc) is 3.26. The molecule has 4 unspecified atom stereocenters. The van der Waals surface area contributed by atoms with Crippen molar-refractivity contribution < 1.29 is 25.2 Å². The van der Waals surface area contributed by atoms with E-state index in [2.05, 4.69) is 19.2 Å². The van der Waals surface area contributed by atoms with Gasteiger partial charge >= 0.3 is 0 Å². The Morgan fingerprint density at radius 1 is 0.344 bits per heavy atom. The normalized spacial score (nSPS) is 13.7. The molecule has 0 spiro atoms. The van der Waals surface area contributed by atoms with Crippen molar-refractivity contribution in [2.24, 2.45) is 0 Å². The molecule has 0 saturated heterocycles. The highest BCUT2D eigenvalue weighted by Crippen LogP contribution is 2.19. The Bertz CT molecular complexity index is 841. The van der Waals surface area contributed by atoms with Gasteiger partial charge in [0.25, 0.3) is 0 Å². The molecule has 0 aromatic carbocycles. The molecule has 0 rings (SSSR count). The van der Waals surface area contributed by atoms with E-state index in [0.717, 1.165) is 38.5 Å². The van der Waals surface area contributed by atoms with Gasteiger partial charge in [-0.3, -0.25) is 4.79 Å². The minimum absolute atomic E-state index is 0.375. The number of nitrogens with one attached hydrogen (secondary N) is 1. The molecule has 6 nitrogen and oxygen atoms in total. The highest BCUT2D eigenvalue weighted by molar-refractivity contribution is 5.80. The van der Waals surface area contributed by atoms with E-state index in [-0.39, 0.29) is 0 Å². The summed E-state index contributed by atoms with van der Waals surface area (Å²) in [6.45, 7) is 4.02. The number of hydrogen-bond donors (Lipinski definition) is 5. The minimum atomic E-state index is -1.25. The fourth-order valence-electron chi connectivity index (χ4n) is 9.17. The monoisotopic (exact) mass is 866 g/mol. The first-order valence-electron chi connectivity index (χ1n) is 27.9. The van der Waals surface area contributed by atoms with E-state index in [4.69, 9.17) is 0 Å². The highest BCUT2D eigenvalue weighted by Gasteiger charge is 2.28. The number of unbranched alkanes of at least 4 members (excludes halogenated alkanes) is 43. The molecule has 61 heavy (non-hydrogen) atoms. The van der Waals surface area contributed by atoms with Gasteiger partial charge in [0.1, 0.15) is 12.2 Å². The second-order valence-electron chi connectivity index (χ2n) is 19.7. The molecule has 0 heterocycles. The summed E-state index contributed by atoms with van der Waals surface area (Å²) in [6.07, 6.45) is 58.1. The predicted molar refractivity (Wildman–Crippen MR) is 265 cm³/mol. The molecule has 366 valence electrons. The van der Waals surface area contributed by atoms with Crippen LogP contribution >= 0.6 is 0 Å². The summed E-state index contributed by atoms with van der Waals surface area (Å²) in [6, 6.07) is -0.977. The molecule has 0 aliphatic heterocycles. The Balaban J connectivity index is 3.38. The summed E-state index contributed by atoms with van der Waals surface area (Å²) < 4.78 is 0. The van der Waals surface area contributed by atoms with Gasteiger partial charge in [-0.2, -0.15) is 0 Å². The van der Waals surface area contributed by atoms with Crippen LogP contribution in [0.25, 0.3) is 0 Å². The van der Waals surface area contributed by atoms with Gasteiger partial charge in [0.05, 0.1) is 18.8 Å². The van der Waals surface area contributed by atoms with Crippen molar-refractivity contribution in [3.05, 3.63) is 0 Å². The SMILES string of the molecule is CCCCCCCCCCCCCCCCCCCCCCCCCCCCCCCCCCCCCCCCC(O)C(=O)NC(CO)C(O)C(O)CCCCCCCCC. The first kappa shape index (κ1) is 60.3. The van der Waals surface area contributed by atoms with Crippen LogP contribution in [-0.2, 0) is 4.79 Å². The minimum Gasteiger partial charge on any atom is -0.394 e. The molecule has 6 heteroatoms. The highest BCUT2D eigenvalue weighted by atomic mass is 16.3. The van der Waals surface area contributed by atoms with Crippen molar-refractivity contribution >= 4 is 5.91 Å². The van der Waals surface area contributed by atoms with Crippen LogP contribution in [0, 0.1) is 0 Å². The Hall–Kier alpha value is -0.690. The number of hydrogen-bond acceptors (Lipinski definition) is 5. The van der Waals surface area contributed by atoms with Crippen LogP contribution in [0.5, 0.6) is 0 Å². The van der Waals surface area contributed by atoms with E-state index in [1.165, 1.54) is 250 Å². The Morgan fingerprint density at radius 3 is 0.787 bits per heavy atom. The van der Waals surface area contributed by atoms with Gasteiger partial charge in [-0.15, -0.1) is 0 Å². The smallest absolute Gasteiger partial charge is 0.249 e. The quantitative estimate of drug-likeness (QED) is 0.0391. The van der Waals surface area contributed by atoms with Crippen LogP contribution in [0.4, 0.5) is 0 Å². The van der Waals surface area contributed by atoms with E-state index in [9.17, 15) is 25.2 Å². The van der Waals surface area contributed by atoms with Gasteiger partial charge in [-0.25, -0.2) is 0 Å². The van der Waals surface area contributed by atoms with E-state index in [0.29, 0.717) is 12.8 Å². The molecule has 0 aromatic heterocycles. The fourth-order valence-corrected chi connectivity index (χ4v) is 9.17. The molecule has 0 aliphatic rings. The van der Waals surface area contributed by atoms with E-state index in [1.54, 1.807) is 0 Å². The summed E-state index contributed by atoms with van der Waals surface area (Å²) in [5, 5.41) is 43.5. The molecular formula is C55H111NO5. The van der Waals surface area contributed by atoms with Crippen molar-refractivity contribution in [3.8, 4) is 0 Å². The third-order valence-electron chi connectivity index (χ3n) is 13.6. The second-order valence-corrected chi connectivity index (χ2v) is 19.7. The van der Waals surface area contributed by atoms with Crippen LogP contribution in [0.2, 0.25) is 0 Å². The molecule has 5 N–H and O–H groups in total. The zero-order valence-electron chi connectivity index (χ0n) is 41.4. The van der Waals surface area contributed by atoms with Gasteiger partial charge in [-0.05, 0) is 12.8 Å². The summed E-state index contributed by atoms with van der Waals surface area (Å²) in [7, 11) is 0. The van der Waals surface area contributed by atoms with Crippen molar-refractivity contribution in [1.82, 2.24) is 5.32 Å². The molecule has 0 fully saturated rings. The number of carbonyl (C=O) groups excluding carboxylic acids is 1. The molecule has 0 saturated carbocycles. The Morgan fingerprint density at radius 2 is 0.557 bits per heavy atom. The van der Waals surface area contributed by atoms with Gasteiger partial charge in [0.2, 0.25) is 5.91 Å². The van der Waals surface area contributed by atoms with Crippen LogP contribution in [-0.4, -0.2) is 57.3 Å². The van der Waals surface area contributed by atoms with Gasteiger partial charge in [0, 0.05) is 0 Å². The number of aliphatic hydroxyl groups excluding tert-OH is 4. The predicted octanol–water partition coefficient (Wildman–Crippen LogP) is 15.9. The van der Waals surface area contributed by atoms with E-state index in [1.807, 2.05) is 0 Å². The average molecular weight is 866 g/mol. The van der Waals surface area contributed by atoms with Crippen LogP contribution < -0.4 is 5.32 Å². The fraction of sp³-hybridized carbons (Fsp3) is 0.982. The zero-order valence-corrected chi connectivity index (χ0v) is 41.4. The lowest BCUT2D eigenvalue weighted by Gasteiger charge is -2.27. The lowest BCUT2D eigenvalue weighted by atomic mass is 9.99. The van der Waals surface area contributed by atoms with Crippen molar-refractivity contribution in [2.75, 3.05) is 6.61 Å². The molecule has 1 amide bonds. The molecule has 0 aliphatic carbocycles. The van der Waals surface area contributed by atoms with E-state index >= 15 is 0 Å². The van der Waals surface area contributed by atoms with Crippen molar-refractivity contribution in [2.45, 2.75) is 340 Å². The largest absolute Gasteiger partial charge is 0.394 e. The van der Waals surface area contributed by atoms with Crippen LogP contribution in [0.3, 0.4) is 0 Å². The maximum Gasteiger partial charge on any atom is 0.249 e. The molecule has 0 radical (unpaired) electrons. The van der Waals surface area contributed by atoms with Crippen molar-refractivity contribution in [1.29, 1.82) is 0 Å². The summed E-state index contributed by atoms with van der Waals surface area (Å²) in [5.41, 5.74) is 0. The number of aliphatic hydroxyl groups is 4. The van der Waals surface area contributed by atoms with Crippen LogP contribution in [0.15, 0.2) is 0 Å². The lowest BCUT2D eigenvalue weighted by Crippen LogP contribution is -2.53. The van der Waals surface area contributed by atoms with Gasteiger partial charge < -0.3 is 25.7 Å².